The van der Waals surface area contributed by atoms with Crippen molar-refractivity contribution >= 4 is 23.1 Å². The number of methoxy groups -OCH3 is 2. The van der Waals surface area contributed by atoms with Crippen LogP contribution in [0.5, 0.6) is 11.5 Å². The lowest BCUT2D eigenvalue weighted by Crippen LogP contribution is -2.06. The number of nitrogens with one attached hydrogen (secondary N) is 1. The van der Waals surface area contributed by atoms with Gasteiger partial charge < -0.3 is 19.6 Å². The van der Waals surface area contributed by atoms with Gasteiger partial charge in [0.25, 0.3) is 0 Å². The van der Waals surface area contributed by atoms with Gasteiger partial charge in [0.1, 0.15) is 34.6 Å². The zero-order valence-electron chi connectivity index (χ0n) is 16.0. The van der Waals surface area contributed by atoms with E-state index in [2.05, 4.69) is 15.3 Å². The average molecular weight is 399 g/mol. The summed E-state index contributed by atoms with van der Waals surface area (Å²) in [5.41, 5.74) is 1.02. The molecule has 1 unspecified atom stereocenters. The van der Waals surface area contributed by atoms with Crippen LogP contribution in [0, 0.1) is 17.6 Å². The van der Waals surface area contributed by atoms with Gasteiger partial charge in [0.15, 0.2) is 11.6 Å². The fourth-order valence-electron chi connectivity index (χ4n) is 3.64. The number of halogens is 2. The second-order valence-corrected chi connectivity index (χ2v) is 6.87. The van der Waals surface area contributed by atoms with Gasteiger partial charge in [0.2, 0.25) is 0 Å². The topological polar surface area (TPSA) is 73.3 Å². The molecule has 4 rings (SSSR count). The number of nitrogens with zero attached hydrogens (tertiary/aromatic N) is 2. The van der Waals surface area contributed by atoms with E-state index < -0.39 is 17.6 Å². The SMILES string of the molecule is COc1ccc(CNc2cnc3c(F)c4c(c(F)c3n2)CC(C=O)C4)c(OC)c1. The van der Waals surface area contributed by atoms with E-state index in [0.29, 0.717) is 23.9 Å². The number of benzene rings is 2. The van der Waals surface area contributed by atoms with Crippen molar-refractivity contribution in [2.45, 2.75) is 19.4 Å². The number of ether oxygens (including phenoxy) is 2. The molecule has 6 nitrogen and oxygen atoms in total. The molecule has 8 heteroatoms. The van der Waals surface area contributed by atoms with Crippen LogP contribution in [0.1, 0.15) is 16.7 Å². The van der Waals surface area contributed by atoms with Gasteiger partial charge in [-0.2, -0.15) is 0 Å². The van der Waals surface area contributed by atoms with Crippen LogP contribution in [-0.2, 0) is 24.2 Å². The minimum absolute atomic E-state index is 0.125. The number of fused-ring (bicyclic) bond motifs is 2. The molecule has 29 heavy (non-hydrogen) atoms. The maximum absolute atomic E-state index is 15.0. The fourth-order valence-corrected chi connectivity index (χ4v) is 3.64. The highest BCUT2D eigenvalue weighted by Crippen LogP contribution is 2.35. The molecule has 1 aromatic heterocycles. The summed E-state index contributed by atoms with van der Waals surface area (Å²) in [5.74, 6) is -0.0308. The van der Waals surface area contributed by atoms with Crippen LogP contribution in [0.3, 0.4) is 0 Å². The summed E-state index contributed by atoms with van der Waals surface area (Å²) in [6.45, 7) is 0.343. The highest BCUT2D eigenvalue weighted by Gasteiger charge is 2.30. The molecule has 1 N–H and O–H groups in total. The van der Waals surface area contributed by atoms with Crippen molar-refractivity contribution in [1.82, 2.24) is 9.97 Å². The first-order valence-corrected chi connectivity index (χ1v) is 9.11. The predicted molar refractivity (Wildman–Crippen MR) is 103 cm³/mol. The van der Waals surface area contributed by atoms with Crippen molar-refractivity contribution in [1.29, 1.82) is 0 Å². The van der Waals surface area contributed by atoms with Crippen molar-refractivity contribution in [3.05, 3.63) is 52.7 Å². The molecule has 0 saturated carbocycles. The predicted octanol–water partition coefficient (Wildman–Crippen LogP) is 3.45. The van der Waals surface area contributed by atoms with Gasteiger partial charge >= 0.3 is 0 Å². The van der Waals surface area contributed by atoms with Crippen LogP contribution in [-0.4, -0.2) is 30.5 Å². The maximum atomic E-state index is 15.0. The number of rotatable bonds is 6. The van der Waals surface area contributed by atoms with Gasteiger partial charge in [0.05, 0.1) is 20.4 Å². The van der Waals surface area contributed by atoms with Gasteiger partial charge in [-0.25, -0.2) is 18.7 Å². The summed E-state index contributed by atoms with van der Waals surface area (Å²) in [6, 6.07) is 5.39. The highest BCUT2D eigenvalue weighted by molar-refractivity contribution is 5.80. The molecule has 0 saturated heterocycles. The summed E-state index contributed by atoms with van der Waals surface area (Å²) in [4.78, 5) is 19.4. The lowest BCUT2D eigenvalue weighted by atomic mass is 10.1. The number of hydrogen-bond donors (Lipinski definition) is 1. The smallest absolute Gasteiger partial charge is 0.154 e. The summed E-state index contributed by atoms with van der Waals surface area (Å²) in [5, 5.41) is 3.06. The normalized spacial score (nSPS) is 15.2. The number of anilines is 1. The van der Waals surface area contributed by atoms with Crippen LogP contribution in [0.15, 0.2) is 24.4 Å². The monoisotopic (exact) mass is 399 g/mol. The van der Waals surface area contributed by atoms with E-state index in [1.54, 1.807) is 26.4 Å². The molecule has 1 aliphatic rings. The average Bonchev–Trinajstić information content (AvgIpc) is 3.21. The first kappa shape index (κ1) is 19.0. The van der Waals surface area contributed by atoms with Crippen molar-refractivity contribution in [3.8, 4) is 11.5 Å². The number of aldehydes is 1. The van der Waals surface area contributed by atoms with Gasteiger partial charge in [-0.3, -0.25) is 0 Å². The van der Waals surface area contributed by atoms with Crippen LogP contribution in [0.25, 0.3) is 11.0 Å². The summed E-state index contributed by atoms with van der Waals surface area (Å²) >= 11 is 0. The van der Waals surface area contributed by atoms with Crippen molar-refractivity contribution in [2.24, 2.45) is 5.92 Å². The Hall–Kier alpha value is -3.29. The first-order chi connectivity index (χ1) is 14.0. The molecule has 0 aliphatic heterocycles. The Labute approximate surface area is 165 Å². The van der Waals surface area contributed by atoms with Gasteiger partial charge in [-0.05, 0) is 36.1 Å². The van der Waals surface area contributed by atoms with Gasteiger partial charge in [-0.15, -0.1) is 0 Å². The maximum Gasteiger partial charge on any atom is 0.154 e. The lowest BCUT2D eigenvalue weighted by Gasteiger charge is -2.12. The van der Waals surface area contributed by atoms with Gasteiger partial charge in [0, 0.05) is 24.1 Å². The zero-order chi connectivity index (χ0) is 20.5. The zero-order valence-corrected chi connectivity index (χ0v) is 16.0. The molecule has 0 bridgehead atoms. The Kier molecular flexibility index (Phi) is 5.00. The van der Waals surface area contributed by atoms with E-state index in [-0.39, 0.29) is 35.0 Å². The quantitative estimate of drug-likeness (QED) is 0.640. The van der Waals surface area contributed by atoms with Crippen LogP contribution in [0.4, 0.5) is 14.6 Å². The van der Waals surface area contributed by atoms with Crippen molar-refractivity contribution < 1.29 is 23.0 Å². The minimum Gasteiger partial charge on any atom is -0.497 e. The molecule has 1 aliphatic carbocycles. The Morgan fingerprint density at radius 2 is 1.86 bits per heavy atom. The Balaban J connectivity index is 1.64. The molecule has 3 aromatic rings. The molecule has 2 aromatic carbocycles. The molecule has 1 heterocycles. The fraction of sp³-hybridized carbons (Fsp3) is 0.286. The minimum atomic E-state index is -0.612. The van der Waals surface area contributed by atoms with E-state index in [1.165, 1.54) is 6.20 Å². The second kappa shape index (κ2) is 7.62. The molecular weight excluding hydrogens is 380 g/mol. The number of hydrogen-bond acceptors (Lipinski definition) is 6. The van der Waals surface area contributed by atoms with Crippen LogP contribution >= 0.6 is 0 Å². The summed E-state index contributed by atoms with van der Waals surface area (Å²) in [6.07, 6.45) is 2.47. The van der Waals surface area contributed by atoms with Crippen molar-refractivity contribution in [3.63, 3.8) is 0 Å². The molecule has 0 spiro atoms. The van der Waals surface area contributed by atoms with Gasteiger partial charge in [-0.1, -0.05) is 0 Å². The van der Waals surface area contributed by atoms with E-state index in [1.807, 2.05) is 6.07 Å². The summed E-state index contributed by atoms with van der Waals surface area (Å²) in [7, 11) is 3.12. The highest BCUT2D eigenvalue weighted by atomic mass is 19.1. The molecule has 0 fully saturated rings. The third kappa shape index (κ3) is 3.35. The molecule has 150 valence electrons. The van der Waals surface area contributed by atoms with E-state index in [4.69, 9.17) is 9.47 Å². The van der Waals surface area contributed by atoms with Crippen LogP contribution < -0.4 is 14.8 Å². The molecule has 1 atom stereocenters. The molecule has 0 amide bonds. The molecule has 0 radical (unpaired) electrons. The number of carbonyl (C=O) groups is 1. The summed E-state index contributed by atoms with van der Waals surface area (Å²) < 4.78 is 40.3. The standard InChI is InChI=1S/C21H19F2N3O3/c1-28-13-4-3-12(16(7-13)29-2)8-24-17-9-25-20-18(22)14-5-11(10-27)6-15(14)19(23)21(20)26-17/h3-4,7,9-11H,5-6,8H2,1-2H3,(H,24,26). The first-order valence-electron chi connectivity index (χ1n) is 9.11. The van der Waals surface area contributed by atoms with Crippen LogP contribution in [0.2, 0.25) is 0 Å². The van der Waals surface area contributed by atoms with E-state index in [0.717, 1.165) is 11.8 Å². The lowest BCUT2D eigenvalue weighted by molar-refractivity contribution is -0.110. The second-order valence-electron chi connectivity index (χ2n) is 6.87. The Morgan fingerprint density at radius 3 is 2.52 bits per heavy atom. The number of aromatic nitrogens is 2. The largest absolute Gasteiger partial charge is 0.497 e. The van der Waals surface area contributed by atoms with Crippen molar-refractivity contribution in [2.75, 3.05) is 19.5 Å². The molecular formula is C21H19F2N3O3. The van der Waals surface area contributed by atoms with E-state index >= 15 is 0 Å². The third-order valence-corrected chi connectivity index (χ3v) is 5.16. The number of carbonyl (C=O) groups excluding carboxylic acids is 1. The van der Waals surface area contributed by atoms with E-state index in [9.17, 15) is 13.6 Å². The third-order valence-electron chi connectivity index (χ3n) is 5.16. The Morgan fingerprint density at radius 1 is 1.14 bits per heavy atom. The Bertz CT molecular complexity index is 1100.